The summed E-state index contributed by atoms with van der Waals surface area (Å²) in [5, 5.41) is 2.83. The highest BCUT2D eigenvalue weighted by Crippen LogP contribution is 2.21. The van der Waals surface area contributed by atoms with E-state index in [1.54, 1.807) is 12.3 Å². The van der Waals surface area contributed by atoms with Crippen molar-refractivity contribution in [3.8, 4) is 11.3 Å². The van der Waals surface area contributed by atoms with Gasteiger partial charge in [0.25, 0.3) is 0 Å². The molecule has 1 atom stereocenters. The number of aromatic nitrogens is 2. The van der Waals surface area contributed by atoms with Gasteiger partial charge in [0.05, 0.1) is 11.7 Å². The molecule has 6 nitrogen and oxygen atoms in total. The smallest absolute Gasteiger partial charge is 0.241 e. The monoisotopic (exact) mass is 335 g/mol. The number of hydrogen-bond acceptors (Lipinski definition) is 5. The van der Waals surface area contributed by atoms with Crippen molar-refractivity contribution >= 4 is 29.9 Å². The number of nitrogens with two attached hydrogens (primary N) is 2. The summed E-state index contributed by atoms with van der Waals surface area (Å²) in [6, 6.07) is 8.64. The van der Waals surface area contributed by atoms with Crippen molar-refractivity contribution in [1.82, 2.24) is 9.97 Å². The molecule has 1 unspecified atom stereocenters. The Labute approximate surface area is 142 Å². The first-order valence-electron chi connectivity index (χ1n) is 7.21. The minimum atomic E-state index is -0.515. The fraction of sp³-hybridized carbons (Fsp3) is 0.312. The summed E-state index contributed by atoms with van der Waals surface area (Å²) in [5.41, 5.74) is 13.7. The van der Waals surface area contributed by atoms with E-state index in [4.69, 9.17) is 11.5 Å². The van der Waals surface area contributed by atoms with Crippen LogP contribution in [0.15, 0.2) is 36.5 Å². The molecule has 0 saturated carbocycles. The van der Waals surface area contributed by atoms with Gasteiger partial charge in [-0.05, 0) is 30.5 Å². The lowest BCUT2D eigenvalue weighted by Gasteiger charge is -2.14. The highest BCUT2D eigenvalue weighted by molar-refractivity contribution is 5.95. The van der Waals surface area contributed by atoms with Gasteiger partial charge in [0.2, 0.25) is 11.9 Å². The van der Waals surface area contributed by atoms with Gasteiger partial charge >= 0.3 is 0 Å². The Kier molecular flexibility index (Phi) is 6.93. The quantitative estimate of drug-likeness (QED) is 0.778. The number of benzene rings is 1. The zero-order valence-corrected chi connectivity index (χ0v) is 14.0. The van der Waals surface area contributed by atoms with Crippen molar-refractivity contribution < 1.29 is 4.79 Å². The molecule has 23 heavy (non-hydrogen) atoms. The predicted molar refractivity (Wildman–Crippen MR) is 95.2 cm³/mol. The minimum Gasteiger partial charge on any atom is -0.368 e. The largest absolute Gasteiger partial charge is 0.368 e. The molecule has 0 spiro atoms. The Morgan fingerprint density at radius 3 is 2.70 bits per heavy atom. The molecule has 0 aliphatic heterocycles. The zero-order valence-electron chi connectivity index (χ0n) is 13.2. The van der Waals surface area contributed by atoms with Gasteiger partial charge in [-0.3, -0.25) is 4.79 Å². The van der Waals surface area contributed by atoms with Crippen LogP contribution in [0, 0.1) is 5.92 Å². The van der Waals surface area contributed by atoms with E-state index in [0.29, 0.717) is 23.7 Å². The molecule has 1 aromatic carbocycles. The molecule has 0 aliphatic rings. The Bertz CT molecular complexity index is 662. The Balaban J connectivity index is 0.00000264. The van der Waals surface area contributed by atoms with Crippen LogP contribution in [0.3, 0.4) is 0 Å². The molecule has 0 aliphatic carbocycles. The van der Waals surface area contributed by atoms with Crippen LogP contribution in [0.25, 0.3) is 11.3 Å². The van der Waals surface area contributed by atoms with Crippen LogP contribution in [0.5, 0.6) is 0 Å². The van der Waals surface area contributed by atoms with Gasteiger partial charge in [0.15, 0.2) is 0 Å². The first-order chi connectivity index (χ1) is 10.5. The van der Waals surface area contributed by atoms with Crippen LogP contribution in [0.2, 0.25) is 0 Å². The third kappa shape index (κ3) is 5.50. The van der Waals surface area contributed by atoms with E-state index in [-0.39, 0.29) is 24.3 Å². The lowest BCUT2D eigenvalue weighted by atomic mass is 10.0. The molecule has 1 amide bonds. The van der Waals surface area contributed by atoms with Crippen LogP contribution < -0.4 is 16.8 Å². The number of nitrogens with zero attached hydrogens (tertiary/aromatic N) is 2. The number of amides is 1. The van der Waals surface area contributed by atoms with Crippen LogP contribution in [-0.2, 0) is 4.79 Å². The van der Waals surface area contributed by atoms with E-state index in [0.717, 1.165) is 5.56 Å². The van der Waals surface area contributed by atoms with Crippen LogP contribution >= 0.6 is 12.4 Å². The normalized spacial score (nSPS) is 11.7. The Morgan fingerprint density at radius 2 is 2.04 bits per heavy atom. The van der Waals surface area contributed by atoms with Gasteiger partial charge in [0, 0.05) is 17.4 Å². The van der Waals surface area contributed by atoms with Gasteiger partial charge in [-0.25, -0.2) is 9.97 Å². The zero-order chi connectivity index (χ0) is 16.1. The number of nitrogens with one attached hydrogen (secondary N) is 1. The molecule has 5 N–H and O–H groups in total. The molecule has 1 aromatic heterocycles. The maximum Gasteiger partial charge on any atom is 0.241 e. The maximum absolute atomic E-state index is 12.1. The average molecular weight is 336 g/mol. The molecule has 1 heterocycles. The molecular weight excluding hydrogens is 314 g/mol. The number of hydrogen-bond donors (Lipinski definition) is 3. The summed E-state index contributed by atoms with van der Waals surface area (Å²) in [7, 11) is 0. The number of rotatable bonds is 5. The average Bonchev–Trinajstić information content (AvgIpc) is 2.47. The van der Waals surface area contributed by atoms with Crippen molar-refractivity contribution in [3.05, 3.63) is 36.5 Å². The van der Waals surface area contributed by atoms with Gasteiger partial charge in [-0.15, -0.1) is 12.4 Å². The van der Waals surface area contributed by atoms with E-state index in [1.807, 2.05) is 38.1 Å². The fourth-order valence-corrected chi connectivity index (χ4v) is 2.14. The minimum absolute atomic E-state index is 0. The second-order valence-electron chi connectivity index (χ2n) is 5.61. The standard InChI is InChI=1S/C16H21N5O.ClH/c1-10(2)8-13(17)15(22)20-12-5-3-4-11(9-12)14-6-7-19-16(18)21-14;/h3-7,9-10,13H,8,17H2,1-2H3,(H,20,22)(H2,18,19,21);1H. The highest BCUT2D eigenvalue weighted by atomic mass is 35.5. The van der Waals surface area contributed by atoms with E-state index >= 15 is 0 Å². The molecule has 0 saturated heterocycles. The number of halogens is 1. The number of nitrogen functional groups attached to an aromatic ring is 1. The first kappa shape index (κ1) is 18.9. The van der Waals surface area contributed by atoms with Gasteiger partial charge < -0.3 is 16.8 Å². The highest BCUT2D eigenvalue weighted by Gasteiger charge is 2.15. The SMILES string of the molecule is CC(C)CC(N)C(=O)Nc1cccc(-c2ccnc(N)n2)c1.Cl. The molecule has 0 radical (unpaired) electrons. The van der Waals surface area contributed by atoms with Crippen molar-refractivity contribution in [2.24, 2.45) is 11.7 Å². The molecule has 0 bridgehead atoms. The lowest BCUT2D eigenvalue weighted by Crippen LogP contribution is -2.36. The summed E-state index contributed by atoms with van der Waals surface area (Å²) in [6.07, 6.45) is 2.25. The van der Waals surface area contributed by atoms with Crippen LogP contribution in [-0.4, -0.2) is 21.9 Å². The number of carbonyl (C=O) groups is 1. The predicted octanol–water partition coefficient (Wildman–Crippen LogP) is 2.46. The Hall–Kier alpha value is -2.18. The van der Waals surface area contributed by atoms with Crippen LogP contribution in [0.4, 0.5) is 11.6 Å². The van der Waals surface area contributed by atoms with Crippen molar-refractivity contribution in [2.75, 3.05) is 11.1 Å². The van der Waals surface area contributed by atoms with Gasteiger partial charge in [0.1, 0.15) is 0 Å². The van der Waals surface area contributed by atoms with Crippen molar-refractivity contribution in [1.29, 1.82) is 0 Å². The number of carbonyl (C=O) groups excluding carboxylic acids is 1. The van der Waals surface area contributed by atoms with E-state index in [2.05, 4.69) is 15.3 Å². The number of anilines is 2. The molecule has 7 heteroatoms. The molecule has 2 aromatic rings. The first-order valence-corrected chi connectivity index (χ1v) is 7.21. The maximum atomic E-state index is 12.1. The van der Waals surface area contributed by atoms with Gasteiger partial charge in [-0.1, -0.05) is 26.0 Å². The summed E-state index contributed by atoms with van der Waals surface area (Å²) >= 11 is 0. The van der Waals surface area contributed by atoms with Gasteiger partial charge in [-0.2, -0.15) is 0 Å². The van der Waals surface area contributed by atoms with E-state index in [1.165, 1.54) is 0 Å². The Morgan fingerprint density at radius 1 is 1.30 bits per heavy atom. The lowest BCUT2D eigenvalue weighted by molar-refractivity contribution is -0.117. The summed E-state index contributed by atoms with van der Waals surface area (Å²) in [6.45, 7) is 4.07. The topological polar surface area (TPSA) is 107 Å². The van der Waals surface area contributed by atoms with Crippen molar-refractivity contribution in [2.45, 2.75) is 26.3 Å². The third-order valence-electron chi connectivity index (χ3n) is 3.16. The fourth-order valence-electron chi connectivity index (χ4n) is 2.14. The summed E-state index contributed by atoms with van der Waals surface area (Å²) in [5.74, 6) is 0.398. The molecule has 2 rings (SSSR count). The van der Waals surface area contributed by atoms with Crippen molar-refractivity contribution in [3.63, 3.8) is 0 Å². The molecule has 0 fully saturated rings. The molecule has 124 valence electrons. The van der Waals surface area contributed by atoms with E-state index in [9.17, 15) is 4.79 Å². The van der Waals surface area contributed by atoms with E-state index < -0.39 is 6.04 Å². The third-order valence-corrected chi connectivity index (χ3v) is 3.16. The molecular formula is C16H22ClN5O. The summed E-state index contributed by atoms with van der Waals surface area (Å²) < 4.78 is 0. The van der Waals surface area contributed by atoms with Crippen LogP contribution in [0.1, 0.15) is 20.3 Å². The second-order valence-corrected chi connectivity index (χ2v) is 5.61. The summed E-state index contributed by atoms with van der Waals surface area (Å²) in [4.78, 5) is 20.1. The second kappa shape index (κ2) is 8.45.